The number of benzene rings is 3. The average molecular weight is 327 g/mol. The van der Waals surface area contributed by atoms with E-state index in [4.69, 9.17) is 9.57 Å². The van der Waals surface area contributed by atoms with Crippen molar-refractivity contribution in [3.63, 3.8) is 0 Å². The van der Waals surface area contributed by atoms with Crippen LogP contribution < -0.4 is 15.1 Å². The van der Waals surface area contributed by atoms with Crippen molar-refractivity contribution >= 4 is 5.69 Å². The van der Waals surface area contributed by atoms with Crippen molar-refractivity contribution in [2.45, 2.75) is 6.61 Å². The summed E-state index contributed by atoms with van der Waals surface area (Å²) in [6, 6.07) is 19.8. The minimum Gasteiger partial charge on any atom is -0.489 e. The summed E-state index contributed by atoms with van der Waals surface area (Å²) in [4.78, 5) is 5.43. The van der Waals surface area contributed by atoms with E-state index in [1.54, 1.807) is 24.3 Å². The number of hydrogen-bond donors (Lipinski definition) is 1. The number of para-hydroxylation sites is 1. The van der Waals surface area contributed by atoms with Crippen molar-refractivity contribution in [3.05, 3.63) is 90.0 Å². The molecular weight excluding hydrogens is 312 g/mol. The van der Waals surface area contributed by atoms with Crippen molar-refractivity contribution in [1.82, 2.24) is 0 Å². The molecule has 3 nitrogen and oxygen atoms in total. The Balaban J connectivity index is 1.54. The molecule has 0 spiro atoms. The van der Waals surface area contributed by atoms with E-state index in [-0.39, 0.29) is 6.61 Å². The number of anilines is 1. The lowest BCUT2D eigenvalue weighted by Crippen LogP contribution is -2.04. The number of rotatable bonds is 6. The van der Waals surface area contributed by atoms with E-state index in [1.165, 1.54) is 12.1 Å². The zero-order valence-electron chi connectivity index (χ0n) is 12.7. The van der Waals surface area contributed by atoms with Gasteiger partial charge in [0, 0.05) is 11.6 Å². The normalized spacial score (nSPS) is 10.2. The first-order chi connectivity index (χ1) is 11.7. The molecule has 0 unspecified atom stereocenters. The molecular formula is C19H15F2NO2. The van der Waals surface area contributed by atoms with Crippen LogP contribution in [0.1, 0.15) is 5.56 Å². The van der Waals surface area contributed by atoms with Gasteiger partial charge in [0.1, 0.15) is 24.0 Å². The highest BCUT2D eigenvalue weighted by molar-refractivity contribution is 5.41. The lowest BCUT2D eigenvalue weighted by atomic mass is 10.2. The van der Waals surface area contributed by atoms with Crippen LogP contribution in [-0.4, -0.2) is 0 Å². The number of halogens is 2. The fraction of sp³-hybridized carbons (Fsp3) is 0.0526. The Morgan fingerprint density at radius 2 is 1.50 bits per heavy atom. The van der Waals surface area contributed by atoms with Crippen molar-refractivity contribution in [2.24, 2.45) is 0 Å². The first-order valence-corrected chi connectivity index (χ1v) is 7.35. The van der Waals surface area contributed by atoms with Crippen LogP contribution in [0, 0.1) is 11.6 Å². The van der Waals surface area contributed by atoms with Gasteiger partial charge < -0.3 is 9.57 Å². The van der Waals surface area contributed by atoms with Crippen molar-refractivity contribution in [2.75, 3.05) is 5.48 Å². The van der Waals surface area contributed by atoms with Crippen LogP contribution in [0.3, 0.4) is 0 Å². The standard InChI is InChI=1S/C19H15F2NO2/c20-15-7-6-14(19(21)12-15)13-23-17-8-10-18(11-9-17)24-22-16-4-2-1-3-5-16/h1-12,22H,13H2. The fourth-order valence-corrected chi connectivity index (χ4v) is 2.03. The maximum atomic E-state index is 13.5. The van der Waals surface area contributed by atoms with Crippen LogP contribution in [0.5, 0.6) is 11.5 Å². The first kappa shape index (κ1) is 15.8. The Kier molecular flexibility index (Phi) is 4.91. The molecule has 0 aliphatic heterocycles. The highest BCUT2D eigenvalue weighted by atomic mass is 19.1. The Bertz CT molecular complexity index is 792. The second-order valence-electron chi connectivity index (χ2n) is 5.07. The number of nitrogens with one attached hydrogen (secondary N) is 1. The molecule has 1 N–H and O–H groups in total. The van der Waals surface area contributed by atoms with Gasteiger partial charge in [0.15, 0.2) is 5.75 Å². The maximum absolute atomic E-state index is 13.5. The van der Waals surface area contributed by atoms with Gasteiger partial charge in [0.2, 0.25) is 0 Å². The van der Waals surface area contributed by atoms with E-state index < -0.39 is 11.6 Å². The molecule has 0 heterocycles. The van der Waals surface area contributed by atoms with Gasteiger partial charge in [-0.2, -0.15) is 0 Å². The molecule has 5 heteroatoms. The van der Waals surface area contributed by atoms with Crippen LogP contribution in [-0.2, 0) is 6.61 Å². The monoisotopic (exact) mass is 327 g/mol. The third kappa shape index (κ3) is 4.23. The molecule has 0 radical (unpaired) electrons. The third-order valence-electron chi connectivity index (χ3n) is 3.29. The Hall–Kier alpha value is -3.08. The van der Waals surface area contributed by atoms with E-state index in [9.17, 15) is 8.78 Å². The molecule has 3 rings (SSSR count). The molecule has 122 valence electrons. The van der Waals surface area contributed by atoms with Crippen molar-refractivity contribution in [3.8, 4) is 11.5 Å². The topological polar surface area (TPSA) is 30.5 Å². The van der Waals surface area contributed by atoms with Gasteiger partial charge in [-0.1, -0.05) is 18.2 Å². The van der Waals surface area contributed by atoms with Gasteiger partial charge in [0.05, 0.1) is 5.69 Å². The first-order valence-electron chi connectivity index (χ1n) is 7.35. The molecule has 0 saturated heterocycles. The van der Waals surface area contributed by atoms with Crippen molar-refractivity contribution < 1.29 is 18.4 Å². The second kappa shape index (κ2) is 7.46. The molecule has 0 aliphatic carbocycles. The van der Waals surface area contributed by atoms with E-state index in [2.05, 4.69) is 5.48 Å². The molecule has 0 aromatic heterocycles. The highest BCUT2D eigenvalue weighted by Crippen LogP contribution is 2.20. The number of hydrogen-bond acceptors (Lipinski definition) is 3. The van der Waals surface area contributed by atoms with Gasteiger partial charge >= 0.3 is 0 Å². The predicted molar refractivity (Wildman–Crippen MR) is 87.8 cm³/mol. The lowest BCUT2D eigenvalue weighted by Gasteiger charge is -2.10. The lowest BCUT2D eigenvalue weighted by molar-refractivity contribution is 0.298. The molecule has 0 amide bonds. The smallest absolute Gasteiger partial charge is 0.155 e. The van der Waals surface area contributed by atoms with Gasteiger partial charge in [-0.15, -0.1) is 0 Å². The van der Waals surface area contributed by atoms with E-state index >= 15 is 0 Å². The Morgan fingerprint density at radius 3 is 2.21 bits per heavy atom. The summed E-state index contributed by atoms with van der Waals surface area (Å²) >= 11 is 0. The summed E-state index contributed by atoms with van der Waals surface area (Å²) in [5, 5.41) is 0. The minimum absolute atomic E-state index is 0.0224. The Labute approximate surface area is 138 Å². The summed E-state index contributed by atoms with van der Waals surface area (Å²) in [5.41, 5.74) is 3.96. The van der Waals surface area contributed by atoms with Crippen LogP contribution in [0.4, 0.5) is 14.5 Å². The SMILES string of the molecule is Fc1ccc(COc2ccc(ONc3ccccc3)cc2)c(F)c1. The van der Waals surface area contributed by atoms with E-state index in [1.807, 2.05) is 30.3 Å². The van der Waals surface area contributed by atoms with Crippen LogP contribution in [0.25, 0.3) is 0 Å². The molecule has 3 aromatic carbocycles. The van der Waals surface area contributed by atoms with Gasteiger partial charge in [-0.25, -0.2) is 14.3 Å². The largest absolute Gasteiger partial charge is 0.489 e. The molecule has 24 heavy (non-hydrogen) atoms. The molecule has 0 saturated carbocycles. The molecule has 0 fully saturated rings. The number of ether oxygens (including phenoxy) is 1. The summed E-state index contributed by atoms with van der Waals surface area (Å²) in [5.74, 6) is -0.0596. The van der Waals surface area contributed by atoms with Gasteiger partial charge in [-0.3, -0.25) is 0 Å². The van der Waals surface area contributed by atoms with Gasteiger partial charge in [0.25, 0.3) is 0 Å². The van der Waals surface area contributed by atoms with Gasteiger partial charge in [-0.05, 0) is 48.5 Å². The quantitative estimate of drug-likeness (QED) is 0.650. The third-order valence-corrected chi connectivity index (χ3v) is 3.29. The second-order valence-corrected chi connectivity index (χ2v) is 5.07. The molecule has 0 aliphatic rings. The summed E-state index contributed by atoms with van der Waals surface area (Å²) < 4.78 is 31.9. The summed E-state index contributed by atoms with van der Waals surface area (Å²) in [6.45, 7) is 0.0224. The average Bonchev–Trinajstić information content (AvgIpc) is 2.61. The summed E-state index contributed by atoms with van der Waals surface area (Å²) in [6.07, 6.45) is 0. The summed E-state index contributed by atoms with van der Waals surface area (Å²) in [7, 11) is 0. The van der Waals surface area contributed by atoms with Crippen LogP contribution in [0.15, 0.2) is 72.8 Å². The van der Waals surface area contributed by atoms with Crippen LogP contribution >= 0.6 is 0 Å². The van der Waals surface area contributed by atoms with E-state index in [0.717, 1.165) is 11.8 Å². The zero-order chi connectivity index (χ0) is 16.8. The molecule has 3 aromatic rings. The van der Waals surface area contributed by atoms with E-state index in [0.29, 0.717) is 17.1 Å². The van der Waals surface area contributed by atoms with Crippen LogP contribution in [0.2, 0.25) is 0 Å². The highest BCUT2D eigenvalue weighted by Gasteiger charge is 2.05. The Morgan fingerprint density at radius 1 is 0.792 bits per heavy atom. The predicted octanol–water partition coefficient (Wildman–Crippen LogP) is 4.95. The maximum Gasteiger partial charge on any atom is 0.155 e. The molecule has 0 bridgehead atoms. The minimum atomic E-state index is -0.623. The zero-order valence-corrected chi connectivity index (χ0v) is 12.7. The fourth-order valence-electron chi connectivity index (χ4n) is 2.03. The molecule has 0 atom stereocenters. The van der Waals surface area contributed by atoms with Crippen molar-refractivity contribution in [1.29, 1.82) is 0 Å².